The Morgan fingerprint density at radius 1 is 0.931 bits per heavy atom. The Kier molecular flexibility index (Phi) is 7.91. The van der Waals surface area contributed by atoms with E-state index in [0.717, 1.165) is 18.7 Å². The summed E-state index contributed by atoms with van der Waals surface area (Å²) in [6.07, 6.45) is 3.46. The van der Waals surface area contributed by atoms with E-state index < -0.39 is 23.3 Å². The van der Waals surface area contributed by atoms with Crippen molar-refractivity contribution in [2.24, 2.45) is 5.41 Å². The number of urea groups is 1. The number of likely N-dealkylation sites (N-methyl/N-ethyl adjacent to an activating group) is 1. The molecular weight excluding hydrogens is 366 g/mol. The monoisotopic (exact) mass is 397 g/mol. The summed E-state index contributed by atoms with van der Waals surface area (Å²) in [6, 6.07) is 8.76. The van der Waals surface area contributed by atoms with Crippen molar-refractivity contribution in [2.75, 3.05) is 26.2 Å². The number of carbonyl (C=O) groups excluding carboxylic acids is 3. The summed E-state index contributed by atoms with van der Waals surface area (Å²) in [5.74, 6) is -0.931. The van der Waals surface area contributed by atoms with Gasteiger partial charge in [0.25, 0.3) is 0 Å². The molecule has 1 saturated heterocycles. The van der Waals surface area contributed by atoms with Crippen LogP contribution in [0.3, 0.4) is 0 Å². The molecule has 4 amide bonds. The van der Waals surface area contributed by atoms with E-state index in [0.29, 0.717) is 6.54 Å². The van der Waals surface area contributed by atoms with Crippen LogP contribution in [-0.4, -0.2) is 58.7 Å². The number of nitrogens with zero attached hydrogens (tertiary/aromatic N) is 3. The number of carbonyl (C=O) groups is 3. The Bertz CT molecular complexity index is 746. The zero-order valence-corrected chi connectivity index (χ0v) is 17.5. The molecule has 1 aromatic carbocycles. The number of allylic oxidation sites excluding steroid dienone is 2. The van der Waals surface area contributed by atoms with Gasteiger partial charge in [0.1, 0.15) is 5.41 Å². The van der Waals surface area contributed by atoms with Gasteiger partial charge in [0.2, 0.25) is 11.8 Å². The van der Waals surface area contributed by atoms with Crippen LogP contribution in [0, 0.1) is 5.41 Å². The van der Waals surface area contributed by atoms with Gasteiger partial charge in [-0.25, -0.2) is 4.79 Å². The lowest BCUT2D eigenvalue weighted by Crippen LogP contribution is -2.65. The summed E-state index contributed by atoms with van der Waals surface area (Å²) in [5.41, 5.74) is -0.534. The number of imide groups is 2. The second-order valence-corrected chi connectivity index (χ2v) is 7.21. The zero-order valence-electron chi connectivity index (χ0n) is 17.5. The average Bonchev–Trinajstić information content (AvgIpc) is 2.73. The molecule has 0 saturated carbocycles. The third kappa shape index (κ3) is 4.65. The van der Waals surface area contributed by atoms with E-state index in [1.807, 2.05) is 44.2 Å². The van der Waals surface area contributed by atoms with Crippen molar-refractivity contribution in [3.8, 4) is 0 Å². The predicted molar refractivity (Wildman–Crippen MR) is 114 cm³/mol. The van der Waals surface area contributed by atoms with E-state index in [-0.39, 0.29) is 25.9 Å². The van der Waals surface area contributed by atoms with E-state index in [1.54, 1.807) is 12.2 Å². The topological polar surface area (TPSA) is 60.9 Å². The van der Waals surface area contributed by atoms with Gasteiger partial charge in [-0.2, -0.15) is 0 Å². The molecule has 2 rings (SSSR count). The number of amides is 4. The lowest BCUT2D eigenvalue weighted by atomic mass is 9.76. The maximum Gasteiger partial charge on any atom is 0.333 e. The van der Waals surface area contributed by atoms with Crippen molar-refractivity contribution in [3.05, 3.63) is 61.2 Å². The van der Waals surface area contributed by atoms with Crippen molar-refractivity contribution < 1.29 is 14.4 Å². The molecule has 6 nitrogen and oxygen atoms in total. The Balaban J connectivity index is 2.42. The third-order valence-corrected chi connectivity index (χ3v) is 5.47. The fourth-order valence-corrected chi connectivity index (χ4v) is 3.74. The summed E-state index contributed by atoms with van der Waals surface area (Å²) < 4.78 is 0. The maximum absolute atomic E-state index is 13.4. The molecule has 156 valence electrons. The molecule has 0 unspecified atom stereocenters. The number of hydrogen-bond acceptors (Lipinski definition) is 4. The lowest BCUT2D eigenvalue weighted by molar-refractivity contribution is -0.159. The van der Waals surface area contributed by atoms with Gasteiger partial charge in [0.05, 0.1) is 6.54 Å². The maximum atomic E-state index is 13.4. The van der Waals surface area contributed by atoms with Crippen LogP contribution in [0.15, 0.2) is 55.6 Å². The molecule has 0 N–H and O–H groups in total. The molecule has 0 spiro atoms. The second kappa shape index (κ2) is 10.2. The van der Waals surface area contributed by atoms with Gasteiger partial charge < -0.3 is 4.90 Å². The van der Waals surface area contributed by atoms with Crippen LogP contribution >= 0.6 is 0 Å². The fraction of sp³-hybridized carbons (Fsp3) is 0.435. The standard InChI is InChI=1S/C23H31N3O3/c1-5-14-23(15-6-2)20(27)25(17-16-24(7-3)8-4)22(29)26(21(23)28)18-19-12-10-9-11-13-19/h5-6,9-13H,1-2,7-8,14-18H2,3-4H3. The Hall–Kier alpha value is -2.73. The molecule has 0 atom stereocenters. The van der Waals surface area contributed by atoms with Crippen LogP contribution in [0.1, 0.15) is 32.3 Å². The van der Waals surface area contributed by atoms with E-state index in [2.05, 4.69) is 18.1 Å². The predicted octanol–water partition coefficient (Wildman–Crippen LogP) is 3.46. The van der Waals surface area contributed by atoms with Crippen molar-refractivity contribution in [3.63, 3.8) is 0 Å². The molecule has 1 aliphatic rings. The number of rotatable bonds is 11. The minimum Gasteiger partial charge on any atom is -0.302 e. The zero-order chi connectivity index (χ0) is 21.4. The molecular formula is C23H31N3O3. The van der Waals surface area contributed by atoms with Crippen molar-refractivity contribution >= 4 is 17.8 Å². The van der Waals surface area contributed by atoms with E-state index in [1.165, 1.54) is 9.80 Å². The highest BCUT2D eigenvalue weighted by atomic mass is 16.2. The number of hydrogen-bond donors (Lipinski definition) is 0. The van der Waals surface area contributed by atoms with Crippen molar-refractivity contribution in [1.82, 2.24) is 14.7 Å². The molecule has 0 bridgehead atoms. The van der Waals surface area contributed by atoms with Crippen LogP contribution in [0.25, 0.3) is 0 Å². The van der Waals surface area contributed by atoms with Gasteiger partial charge in [0.15, 0.2) is 0 Å². The summed E-state index contributed by atoms with van der Waals surface area (Å²) in [5, 5.41) is 0. The van der Waals surface area contributed by atoms with Gasteiger partial charge in [-0.15, -0.1) is 13.2 Å². The highest BCUT2D eigenvalue weighted by molar-refractivity contribution is 6.19. The highest BCUT2D eigenvalue weighted by Gasteiger charge is 2.55. The molecule has 1 heterocycles. The Labute approximate surface area is 173 Å². The quantitative estimate of drug-likeness (QED) is 0.424. The Morgan fingerprint density at radius 3 is 2.00 bits per heavy atom. The van der Waals surface area contributed by atoms with Crippen LogP contribution in [0.5, 0.6) is 0 Å². The molecule has 0 aromatic heterocycles. The van der Waals surface area contributed by atoms with Crippen LogP contribution < -0.4 is 0 Å². The van der Waals surface area contributed by atoms with Crippen LogP contribution in [0.2, 0.25) is 0 Å². The van der Waals surface area contributed by atoms with Gasteiger partial charge in [-0.3, -0.25) is 19.4 Å². The smallest absolute Gasteiger partial charge is 0.302 e. The normalized spacial score (nSPS) is 16.4. The molecule has 0 radical (unpaired) electrons. The van der Waals surface area contributed by atoms with E-state index >= 15 is 0 Å². The molecule has 1 aliphatic heterocycles. The first-order valence-corrected chi connectivity index (χ1v) is 10.1. The van der Waals surface area contributed by atoms with E-state index in [4.69, 9.17) is 0 Å². The minimum atomic E-state index is -1.37. The van der Waals surface area contributed by atoms with Gasteiger partial charge in [-0.05, 0) is 31.5 Å². The highest BCUT2D eigenvalue weighted by Crippen LogP contribution is 2.37. The van der Waals surface area contributed by atoms with Gasteiger partial charge in [0, 0.05) is 13.1 Å². The molecule has 1 fully saturated rings. The van der Waals surface area contributed by atoms with Gasteiger partial charge in [-0.1, -0.05) is 56.3 Å². The molecule has 6 heteroatoms. The summed E-state index contributed by atoms with van der Waals surface area (Å²) >= 11 is 0. The van der Waals surface area contributed by atoms with E-state index in [9.17, 15) is 14.4 Å². The lowest BCUT2D eigenvalue weighted by Gasteiger charge is -2.44. The van der Waals surface area contributed by atoms with Crippen molar-refractivity contribution in [2.45, 2.75) is 33.2 Å². The average molecular weight is 398 g/mol. The first-order chi connectivity index (χ1) is 13.9. The first kappa shape index (κ1) is 22.6. The van der Waals surface area contributed by atoms with Crippen LogP contribution in [0.4, 0.5) is 4.79 Å². The fourth-order valence-electron chi connectivity index (χ4n) is 3.74. The largest absolute Gasteiger partial charge is 0.333 e. The molecule has 29 heavy (non-hydrogen) atoms. The minimum absolute atomic E-state index is 0.129. The molecule has 1 aromatic rings. The Morgan fingerprint density at radius 2 is 1.48 bits per heavy atom. The number of barbiturate groups is 1. The van der Waals surface area contributed by atoms with Gasteiger partial charge >= 0.3 is 6.03 Å². The third-order valence-electron chi connectivity index (χ3n) is 5.47. The second-order valence-electron chi connectivity index (χ2n) is 7.21. The van der Waals surface area contributed by atoms with Crippen molar-refractivity contribution in [1.29, 1.82) is 0 Å². The summed E-state index contributed by atoms with van der Waals surface area (Å²) in [7, 11) is 0. The SMILES string of the molecule is C=CCC1(CC=C)C(=O)N(CCN(CC)CC)C(=O)N(Cc2ccccc2)C1=O. The summed E-state index contributed by atoms with van der Waals surface area (Å²) in [4.78, 5) is 44.5. The molecule has 0 aliphatic carbocycles. The van der Waals surface area contributed by atoms with Crippen LogP contribution in [-0.2, 0) is 16.1 Å². The first-order valence-electron chi connectivity index (χ1n) is 10.1. The number of benzene rings is 1. The summed E-state index contributed by atoms with van der Waals surface area (Å²) in [6.45, 7) is 14.1.